The van der Waals surface area contributed by atoms with Crippen LogP contribution in [-0.2, 0) is 0 Å². The number of aryl methyl sites for hydroxylation is 1. The van der Waals surface area contributed by atoms with Crippen molar-refractivity contribution in [3.05, 3.63) is 41.6 Å². The van der Waals surface area contributed by atoms with Crippen molar-refractivity contribution >= 4 is 19.4 Å². The highest BCUT2D eigenvalue weighted by Gasteiger charge is 2.15. The summed E-state index contributed by atoms with van der Waals surface area (Å²) in [5.41, 5.74) is 1.73. The molecule has 0 atom stereocenters. The molecule has 9 heteroatoms. The third-order valence-electron chi connectivity index (χ3n) is 2.91. The molecule has 1 aromatic heterocycles. The van der Waals surface area contributed by atoms with Crippen molar-refractivity contribution in [2.45, 2.75) is 6.92 Å². The fraction of sp³-hybridized carbons (Fsp3) is 0.214. The molecule has 1 heterocycles. The van der Waals surface area contributed by atoms with Gasteiger partial charge in [0.2, 0.25) is 0 Å². The number of anilines is 1. The van der Waals surface area contributed by atoms with E-state index in [1.165, 1.54) is 7.11 Å². The first-order valence-corrected chi connectivity index (χ1v) is 6.77. The van der Waals surface area contributed by atoms with Gasteiger partial charge in [-0.25, -0.2) is 5.01 Å². The second kappa shape index (κ2) is 7.57. The topological polar surface area (TPSA) is 100 Å². The van der Waals surface area contributed by atoms with Gasteiger partial charge in [-0.2, -0.15) is 10.2 Å². The lowest BCUT2D eigenvalue weighted by Gasteiger charge is -2.12. The molecule has 0 unspecified atom stereocenters. The van der Waals surface area contributed by atoms with E-state index in [2.05, 4.69) is 15.3 Å². The lowest BCUT2D eigenvalue weighted by atomic mass is 10.2. The van der Waals surface area contributed by atoms with Gasteiger partial charge in [0.1, 0.15) is 5.75 Å². The molecule has 2 rings (SSSR count). The maximum Gasteiger partial charge on any atom is 0.707 e. The molecule has 0 aliphatic carbocycles. The van der Waals surface area contributed by atoms with Gasteiger partial charge >= 0.3 is 7.32 Å². The third kappa shape index (κ3) is 4.66. The molecule has 0 aliphatic rings. The maximum absolute atomic E-state index is 8.85. The Labute approximate surface area is 134 Å². The van der Waals surface area contributed by atoms with E-state index in [9.17, 15) is 0 Å². The smallest absolute Gasteiger partial charge is 0.509 e. The summed E-state index contributed by atoms with van der Waals surface area (Å²) >= 11 is 0. The largest absolute Gasteiger partial charge is 0.707 e. The van der Waals surface area contributed by atoms with Crippen LogP contribution in [0.5, 0.6) is 11.5 Å². The Morgan fingerprint density at radius 2 is 2.04 bits per heavy atom. The number of nitrogens with zero attached hydrogens (tertiary/aromatic N) is 4. The van der Waals surface area contributed by atoms with Crippen LogP contribution >= 0.6 is 0 Å². The summed E-state index contributed by atoms with van der Waals surface area (Å²) in [6.07, 6.45) is 3.28. The standard InChI is InChI=1S/C14H17BN4O4/c1-10-6-14(18-16-8-10)19(2)17-9-11-4-5-12(23-15(20)21)13(7-11)22-3/h4-9,20-21H,1-3H3/b17-9+. The first-order valence-electron chi connectivity index (χ1n) is 6.77. The van der Waals surface area contributed by atoms with Gasteiger partial charge in [-0.05, 0) is 42.3 Å². The van der Waals surface area contributed by atoms with Crippen molar-refractivity contribution in [2.75, 3.05) is 19.2 Å². The summed E-state index contributed by atoms with van der Waals surface area (Å²) in [6.45, 7) is 1.93. The fourth-order valence-electron chi connectivity index (χ4n) is 1.79. The minimum Gasteiger partial charge on any atom is -0.509 e. The summed E-state index contributed by atoms with van der Waals surface area (Å²) in [6, 6.07) is 6.80. The molecule has 0 amide bonds. The number of hydrogen-bond acceptors (Lipinski definition) is 8. The van der Waals surface area contributed by atoms with E-state index in [1.807, 2.05) is 13.0 Å². The first-order chi connectivity index (χ1) is 11.0. The molecular formula is C14H17BN4O4. The molecule has 0 radical (unpaired) electrons. The number of hydrogen-bond donors (Lipinski definition) is 2. The summed E-state index contributed by atoms with van der Waals surface area (Å²) in [5.74, 6) is 1.20. The van der Waals surface area contributed by atoms with Crippen molar-refractivity contribution in [1.82, 2.24) is 10.2 Å². The highest BCUT2D eigenvalue weighted by atomic mass is 16.6. The quantitative estimate of drug-likeness (QED) is 0.457. The van der Waals surface area contributed by atoms with Crippen LogP contribution in [0.3, 0.4) is 0 Å². The van der Waals surface area contributed by atoms with E-state index in [4.69, 9.17) is 19.4 Å². The molecule has 0 saturated heterocycles. The van der Waals surface area contributed by atoms with Crippen LogP contribution in [0.1, 0.15) is 11.1 Å². The first kappa shape index (κ1) is 16.7. The van der Waals surface area contributed by atoms with Crippen LogP contribution in [0.15, 0.2) is 35.6 Å². The lowest BCUT2D eigenvalue weighted by Crippen LogP contribution is -2.20. The molecule has 23 heavy (non-hydrogen) atoms. The average Bonchev–Trinajstić information content (AvgIpc) is 2.53. The molecule has 0 aliphatic heterocycles. The van der Waals surface area contributed by atoms with Gasteiger partial charge in [0.15, 0.2) is 11.6 Å². The highest BCUT2D eigenvalue weighted by Crippen LogP contribution is 2.27. The molecule has 0 spiro atoms. The summed E-state index contributed by atoms with van der Waals surface area (Å²) in [4.78, 5) is 0. The van der Waals surface area contributed by atoms with E-state index in [0.29, 0.717) is 11.6 Å². The Balaban J connectivity index is 2.16. The van der Waals surface area contributed by atoms with E-state index in [0.717, 1.165) is 11.1 Å². The van der Waals surface area contributed by atoms with E-state index < -0.39 is 7.32 Å². The SMILES string of the molecule is COc1cc(/C=N/N(C)c2cc(C)cnn2)ccc1OB(O)O. The summed E-state index contributed by atoms with van der Waals surface area (Å²) in [7, 11) is 1.31. The Morgan fingerprint density at radius 3 is 2.70 bits per heavy atom. The van der Waals surface area contributed by atoms with Crippen LogP contribution in [0.25, 0.3) is 0 Å². The van der Waals surface area contributed by atoms with Crippen LogP contribution in [0, 0.1) is 6.92 Å². The minimum absolute atomic E-state index is 0.220. The number of methoxy groups -OCH3 is 1. The van der Waals surface area contributed by atoms with Gasteiger partial charge in [0.05, 0.1) is 19.5 Å². The summed E-state index contributed by atoms with van der Waals surface area (Å²) < 4.78 is 9.96. The number of hydrazone groups is 1. The van der Waals surface area contributed by atoms with Gasteiger partial charge in [-0.3, -0.25) is 0 Å². The zero-order valence-electron chi connectivity index (χ0n) is 13.0. The van der Waals surface area contributed by atoms with E-state index in [1.54, 1.807) is 42.7 Å². The molecule has 0 bridgehead atoms. The van der Waals surface area contributed by atoms with Crippen molar-refractivity contribution in [2.24, 2.45) is 5.10 Å². The molecule has 0 saturated carbocycles. The predicted molar refractivity (Wildman–Crippen MR) is 86.6 cm³/mol. The molecule has 1 aromatic carbocycles. The lowest BCUT2D eigenvalue weighted by molar-refractivity contribution is 0.279. The zero-order valence-corrected chi connectivity index (χ0v) is 13.0. The number of ether oxygens (including phenoxy) is 1. The molecule has 8 nitrogen and oxygen atoms in total. The van der Waals surface area contributed by atoms with Crippen molar-refractivity contribution < 1.29 is 19.4 Å². The van der Waals surface area contributed by atoms with Gasteiger partial charge in [0, 0.05) is 7.05 Å². The Hall–Kier alpha value is -2.65. The second-order valence-electron chi connectivity index (χ2n) is 4.71. The Bertz CT molecular complexity index is 696. The number of rotatable bonds is 6. The van der Waals surface area contributed by atoms with Crippen molar-refractivity contribution in [3.63, 3.8) is 0 Å². The minimum atomic E-state index is -1.91. The fourth-order valence-corrected chi connectivity index (χ4v) is 1.79. The van der Waals surface area contributed by atoms with Crippen molar-refractivity contribution in [3.8, 4) is 11.5 Å². The molecule has 120 valence electrons. The van der Waals surface area contributed by atoms with Gasteiger partial charge < -0.3 is 19.4 Å². The Morgan fingerprint density at radius 1 is 1.26 bits per heavy atom. The highest BCUT2D eigenvalue weighted by molar-refractivity contribution is 6.33. The molecular weight excluding hydrogens is 299 g/mol. The number of aromatic nitrogens is 2. The van der Waals surface area contributed by atoms with Crippen LogP contribution in [-0.4, -0.2) is 47.9 Å². The third-order valence-corrected chi connectivity index (χ3v) is 2.91. The van der Waals surface area contributed by atoms with Crippen molar-refractivity contribution in [1.29, 1.82) is 0 Å². The van der Waals surface area contributed by atoms with Crippen LogP contribution in [0.2, 0.25) is 0 Å². The summed E-state index contributed by atoms with van der Waals surface area (Å²) in [5, 5.41) is 31.4. The van der Waals surface area contributed by atoms with E-state index in [-0.39, 0.29) is 5.75 Å². The van der Waals surface area contributed by atoms with Crippen LogP contribution in [0.4, 0.5) is 5.82 Å². The molecule has 2 N–H and O–H groups in total. The molecule has 0 fully saturated rings. The zero-order chi connectivity index (χ0) is 16.8. The van der Waals surface area contributed by atoms with Gasteiger partial charge in [-0.1, -0.05) is 0 Å². The number of benzene rings is 1. The second-order valence-corrected chi connectivity index (χ2v) is 4.71. The average molecular weight is 316 g/mol. The van der Waals surface area contributed by atoms with E-state index >= 15 is 0 Å². The van der Waals surface area contributed by atoms with Crippen LogP contribution < -0.4 is 14.4 Å². The maximum atomic E-state index is 8.85. The Kier molecular flexibility index (Phi) is 5.50. The monoisotopic (exact) mass is 316 g/mol. The van der Waals surface area contributed by atoms with Gasteiger partial charge in [0.25, 0.3) is 0 Å². The van der Waals surface area contributed by atoms with Gasteiger partial charge in [-0.15, -0.1) is 5.10 Å². The predicted octanol–water partition coefficient (Wildman–Crippen LogP) is 0.612. The normalized spacial score (nSPS) is 10.7. The molecule has 2 aromatic rings.